The van der Waals surface area contributed by atoms with E-state index in [2.05, 4.69) is 23.5 Å². The van der Waals surface area contributed by atoms with Gasteiger partial charge in [0, 0.05) is 29.1 Å². The second-order valence-electron chi connectivity index (χ2n) is 5.46. The van der Waals surface area contributed by atoms with Gasteiger partial charge in [-0.3, -0.25) is 0 Å². The van der Waals surface area contributed by atoms with Crippen LogP contribution in [0.15, 0.2) is 48.5 Å². The van der Waals surface area contributed by atoms with E-state index in [-0.39, 0.29) is 0 Å². The van der Waals surface area contributed by atoms with Crippen molar-refractivity contribution >= 4 is 23.4 Å². The van der Waals surface area contributed by atoms with E-state index in [0.717, 1.165) is 36.0 Å². The van der Waals surface area contributed by atoms with E-state index >= 15 is 0 Å². The Labute approximate surface area is 141 Å². The van der Waals surface area contributed by atoms with E-state index in [1.807, 2.05) is 42.1 Å². The molecule has 0 saturated carbocycles. The number of halogens is 1. The number of hydrogen-bond donors (Lipinski definition) is 1. The Morgan fingerprint density at radius 2 is 2.00 bits per heavy atom. The van der Waals surface area contributed by atoms with Crippen molar-refractivity contribution in [3.63, 3.8) is 0 Å². The highest BCUT2D eigenvalue weighted by atomic mass is 35.5. The topological polar surface area (TPSA) is 21.3 Å². The molecule has 1 atom stereocenters. The van der Waals surface area contributed by atoms with Gasteiger partial charge in [0.15, 0.2) is 0 Å². The Hall–Kier alpha value is -1.16. The lowest BCUT2D eigenvalue weighted by Gasteiger charge is -2.10. The molecule has 0 aromatic heterocycles. The summed E-state index contributed by atoms with van der Waals surface area (Å²) in [6.07, 6.45) is 2.00. The van der Waals surface area contributed by atoms with Crippen molar-refractivity contribution in [2.45, 2.75) is 18.1 Å². The molecule has 1 heterocycles. The molecular weight excluding hydrogens is 314 g/mol. The zero-order chi connectivity index (χ0) is 15.2. The molecule has 1 aliphatic rings. The van der Waals surface area contributed by atoms with Crippen molar-refractivity contribution < 1.29 is 4.74 Å². The number of benzene rings is 2. The van der Waals surface area contributed by atoms with Crippen LogP contribution in [0.2, 0.25) is 5.02 Å². The van der Waals surface area contributed by atoms with E-state index in [1.54, 1.807) is 0 Å². The highest BCUT2D eigenvalue weighted by Crippen LogP contribution is 2.22. The summed E-state index contributed by atoms with van der Waals surface area (Å²) >= 11 is 7.89. The summed E-state index contributed by atoms with van der Waals surface area (Å²) in [5.74, 6) is 2.03. The molecule has 2 nitrogen and oxygen atoms in total. The monoisotopic (exact) mass is 333 g/mol. The molecule has 0 spiro atoms. The maximum Gasteiger partial charge on any atom is 0.119 e. The SMILES string of the molecule is Clc1ccc(CCOc2cccc(CC3CNCS3)c2)cc1. The molecule has 0 bridgehead atoms. The van der Waals surface area contributed by atoms with E-state index in [0.29, 0.717) is 11.9 Å². The number of rotatable bonds is 6. The lowest BCUT2D eigenvalue weighted by molar-refractivity contribution is 0.321. The van der Waals surface area contributed by atoms with Gasteiger partial charge in [0.1, 0.15) is 5.75 Å². The predicted octanol–water partition coefficient (Wildman–Crippen LogP) is 4.17. The van der Waals surface area contributed by atoms with Crippen LogP contribution in [0.5, 0.6) is 5.75 Å². The molecule has 1 fully saturated rings. The number of nitrogens with one attached hydrogen (secondary N) is 1. The molecule has 3 rings (SSSR count). The lowest BCUT2D eigenvalue weighted by Crippen LogP contribution is -2.14. The second kappa shape index (κ2) is 7.91. The Morgan fingerprint density at radius 3 is 2.77 bits per heavy atom. The summed E-state index contributed by atoms with van der Waals surface area (Å²) in [5.41, 5.74) is 2.60. The molecule has 1 aliphatic heterocycles. The molecule has 0 radical (unpaired) electrons. The van der Waals surface area contributed by atoms with E-state index in [4.69, 9.17) is 16.3 Å². The van der Waals surface area contributed by atoms with Crippen molar-refractivity contribution in [2.75, 3.05) is 19.0 Å². The first kappa shape index (κ1) is 15.7. The van der Waals surface area contributed by atoms with Gasteiger partial charge in [-0.05, 0) is 41.8 Å². The molecule has 22 heavy (non-hydrogen) atoms. The van der Waals surface area contributed by atoms with Crippen molar-refractivity contribution in [3.8, 4) is 5.75 Å². The third-order valence-electron chi connectivity index (χ3n) is 3.73. The molecule has 116 valence electrons. The largest absolute Gasteiger partial charge is 0.493 e. The van der Waals surface area contributed by atoms with Gasteiger partial charge >= 0.3 is 0 Å². The maximum atomic E-state index is 5.89. The first-order chi connectivity index (χ1) is 10.8. The van der Waals surface area contributed by atoms with Crippen molar-refractivity contribution in [1.82, 2.24) is 5.32 Å². The number of thioether (sulfide) groups is 1. The van der Waals surface area contributed by atoms with Crippen molar-refractivity contribution in [1.29, 1.82) is 0 Å². The normalized spacial score (nSPS) is 17.6. The average Bonchev–Trinajstić information content (AvgIpc) is 3.03. The molecule has 0 amide bonds. The standard InChI is InChI=1S/C18H20ClNOS/c19-16-6-4-14(5-7-16)8-9-21-17-3-1-2-15(10-17)11-18-12-20-13-22-18/h1-7,10,18,20H,8-9,11-13H2. The molecule has 1 N–H and O–H groups in total. The second-order valence-corrected chi connectivity index (χ2v) is 7.19. The van der Waals surface area contributed by atoms with E-state index in [1.165, 1.54) is 11.1 Å². The summed E-state index contributed by atoms with van der Waals surface area (Å²) in [6.45, 7) is 1.79. The number of ether oxygens (including phenoxy) is 1. The van der Waals surface area contributed by atoms with Crippen molar-refractivity contribution in [2.24, 2.45) is 0 Å². The van der Waals surface area contributed by atoms with Crippen LogP contribution >= 0.6 is 23.4 Å². The Bertz CT molecular complexity index is 596. The van der Waals surface area contributed by atoms with Gasteiger partial charge in [0.2, 0.25) is 0 Å². The summed E-state index contributed by atoms with van der Waals surface area (Å²) in [4.78, 5) is 0. The van der Waals surface area contributed by atoms with Crippen LogP contribution in [-0.2, 0) is 12.8 Å². The zero-order valence-electron chi connectivity index (χ0n) is 12.4. The highest BCUT2D eigenvalue weighted by molar-refractivity contribution is 8.00. The zero-order valence-corrected chi connectivity index (χ0v) is 14.0. The van der Waals surface area contributed by atoms with E-state index in [9.17, 15) is 0 Å². The lowest BCUT2D eigenvalue weighted by atomic mass is 10.1. The van der Waals surface area contributed by atoms with E-state index < -0.39 is 0 Å². The summed E-state index contributed by atoms with van der Waals surface area (Å²) in [5, 5.41) is 4.85. The quantitative estimate of drug-likeness (QED) is 0.857. The molecule has 4 heteroatoms. The van der Waals surface area contributed by atoms with Crippen LogP contribution in [0, 0.1) is 0 Å². The third kappa shape index (κ3) is 4.67. The van der Waals surface area contributed by atoms with Crippen LogP contribution in [0.1, 0.15) is 11.1 Å². The number of hydrogen-bond acceptors (Lipinski definition) is 3. The van der Waals surface area contributed by atoms with Gasteiger partial charge in [0.05, 0.1) is 6.61 Å². The fourth-order valence-corrected chi connectivity index (χ4v) is 3.69. The molecule has 1 unspecified atom stereocenters. The van der Waals surface area contributed by atoms with Gasteiger partial charge in [0.25, 0.3) is 0 Å². The molecule has 0 aliphatic carbocycles. The molecule has 1 saturated heterocycles. The summed E-state index contributed by atoms with van der Waals surface area (Å²) < 4.78 is 5.89. The molecule has 2 aromatic rings. The van der Waals surface area contributed by atoms with Crippen LogP contribution in [0.3, 0.4) is 0 Å². The van der Waals surface area contributed by atoms with Gasteiger partial charge in [-0.15, -0.1) is 11.8 Å². The average molecular weight is 334 g/mol. The Kier molecular flexibility index (Phi) is 5.65. The smallest absolute Gasteiger partial charge is 0.119 e. The van der Waals surface area contributed by atoms with Gasteiger partial charge in [-0.25, -0.2) is 0 Å². The minimum Gasteiger partial charge on any atom is -0.493 e. The first-order valence-corrected chi connectivity index (χ1v) is 9.01. The molecule has 2 aromatic carbocycles. The minimum absolute atomic E-state index is 0.685. The maximum absolute atomic E-state index is 5.89. The first-order valence-electron chi connectivity index (χ1n) is 7.58. The minimum atomic E-state index is 0.685. The van der Waals surface area contributed by atoms with Crippen LogP contribution < -0.4 is 10.1 Å². The van der Waals surface area contributed by atoms with Crippen LogP contribution in [-0.4, -0.2) is 24.3 Å². The van der Waals surface area contributed by atoms with Crippen LogP contribution in [0.4, 0.5) is 0 Å². The fraction of sp³-hybridized carbons (Fsp3) is 0.333. The fourth-order valence-electron chi connectivity index (χ4n) is 2.55. The van der Waals surface area contributed by atoms with Crippen LogP contribution in [0.25, 0.3) is 0 Å². The Morgan fingerprint density at radius 1 is 1.14 bits per heavy atom. The summed E-state index contributed by atoms with van der Waals surface area (Å²) in [6, 6.07) is 16.4. The summed E-state index contributed by atoms with van der Waals surface area (Å²) in [7, 11) is 0. The Balaban J connectivity index is 1.50. The molecular formula is C18H20ClNOS. The highest BCUT2D eigenvalue weighted by Gasteiger charge is 2.15. The van der Waals surface area contributed by atoms with Gasteiger partial charge in [-0.1, -0.05) is 35.9 Å². The van der Waals surface area contributed by atoms with Gasteiger partial charge < -0.3 is 10.1 Å². The predicted molar refractivity (Wildman–Crippen MR) is 95.0 cm³/mol. The third-order valence-corrected chi connectivity index (χ3v) is 5.16. The van der Waals surface area contributed by atoms with Gasteiger partial charge in [-0.2, -0.15) is 0 Å². The van der Waals surface area contributed by atoms with Crippen molar-refractivity contribution in [3.05, 3.63) is 64.7 Å².